The van der Waals surface area contributed by atoms with E-state index in [9.17, 15) is 13.2 Å². The summed E-state index contributed by atoms with van der Waals surface area (Å²) in [5.74, 6) is 1.02. The van der Waals surface area contributed by atoms with Crippen LogP contribution in [-0.2, 0) is 6.18 Å². The van der Waals surface area contributed by atoms with Gasteiger partial charge in [0.25, 0.3) is 0 Å². The summed E-state index contributed by atoms with van der Waals surface area (Å²) in [7, 11) is 5.06. The maximum absolute atomic E-state index is 14.0. The normalized spacial score (nSPS) is 20.3. The highest BCUT2D eigenvalue weighted by Crippen LogP contribution is 2.37. The van der Waals surface area contributed by atoms with Gasteiger partial charge in [-0.05, 0) is 64.0 Å². The van der Waals surface area contributed by atoms with Crippen LogP contribution >= 0.6 is 0 Å². The SMILES string of the molecule is COc1ccc(-c2cc(C(F)(F)F)n3nc(C4CCC(C)N(C)CC4)cc3n2)cc1OC. The molecule has 6 nitrogen and oxygen atoms in total. The van der Waals surface area contributed by atoms with Crippen molar-refractivity contribution in [3.8, 4) is 22.8 Å². The molecule has 0 bridgehead atoms. The van der Waals surface area contributed by atoms with Crippen LogP contribution in [-0.4, -0.2) is 53.4 Å². The smallest absolute Gasteiger partial charge is 0.433 e. The third-order valence-electron chi connectivity index (χ3n) is 6.35. The number of hydrogen-bond donors (Lipinski definition) is 0. The molecule has 2 atom stereocenters. The quantitative estimate of drug-likeness (QED) is 0.561. The van der Waals surface area contributed by atoms with Gasteiger partial charge in [0.05, 0.1) is 25.6 Å². The second kappa shape index (κ2) is 8.61. The van der Waals surface area contributed by atoms with Crippen LogP contribution in [0.5, 0.6) is 11.5 Å². The van der Waals surface area contributed by atoms with Crippen molar-refractivity contribution < 1.29 is 22.6 Å². The summed E-state index contributed by atoms with van der Waals surface area (Å²) in [6, 6.07) is 8.11. The second-order valence-electron chi connectivity index (χ2n) is 8.33. The number of likely N-dealkylation sites (tertiary alicyclic amines) is 1. The van der Waals surface area contributed by atoms with Crippen molar-refractivity contribution >= 4 is 5.65 Å². The monoisotopic (exact) mass is 448 g/mol. The number of aromatic nitrogens is 3. The van der Waals surface area contributed by atoms with Crippen LogP contribution in [0.2, 0.25) is 0 Å². The van der Waals surface area contributed by atoms with Gasteiger partial charge in [-0.2, -0.15) is 18.3 Å². The van der Waals surface area contributed by atoms with Gasteiger partial charge >= 0.3 is 6.18 Å². The molecule has 0 saturated carbocycles. The maximum atomic E-state index is 14.0. The molecular weight excluding hydrogens is 421 g/mol. The van der Waals surface area contributed by atoms with Crippen molar-refractivity contribution in [2.24, 2.45) is 0 Å². The number of nitrogens with zero attached hydrogens (tertiary/aromatic N) is 4. The van der Waals surface area contributed by atoms with Crippen LogP contribution in [0.15, 0.2) is 30.3 Å². The minimum absolute atomic E-state index is 0.106. The predicted molar refractivity (Wildman–Crippen MR) is 115 cm³/mol. The zero-order chi connectivity index (χ0) is 23.0. The molecule has 9 heteroatoms. The van der Waals surface area contributed by atoms with Crippen LogP contribution in [0.3, 0.4) is 0 Å². The van der Waals surface area contributed by atoms with Crippen molar-refractivity contribution in [3.63, 3.8) is 0 Å². The van der Waals surface area contributed by atoms with Crippen molar-refractivity contribution in [1.82, 2.24) is 19.5 Å². The molecule has 4 rings (SSSR count). The molecule has 0 aliphatic carbocycles. The molecule has 3 aromatic rings. The Morgan fingerprint density at radius 1 is 1.00 bits per heavy atom. The summed E-state index contributed by atoms with van der Waals surface area (Å²) < 4.78 is 53.3. The van der Waals surface area contributed by atoms with E-state index in [1.165, 1.54) is 14.2 Å². The van der Waals surface area contributed by atoms with Crippen LogP contribution in [0.25, 0.3) is 16.9 Å². The molecule has 0 amide bonds. The van der Waals surface area contributed by atoms with E-state index in [1.54, 1.807) is 24.3 Å². The lowest BCUT2D eigenvalue weighted by atomic mass is 9.96. The first-order valence-corrected chi connectivity index (χ1v) is 10.6. The number of benzene rings is 1. The number of rotatable bonds is 4. The number of ether oxygens (including phenoxy) is 2. The number of halogens is 3. The zero-order valence-corrected chi connectivity index (χ0v) is 18.6. The summed E-state index contributed by atoms with van der Waals surface area (Å²) in [5.41, 5.74) is 0.702. The van der Waals surface area contributed by atoms with Gasteiger partial charge in [0.15, 0.2) is 22.8 Å². The number of hydrogen-bond acceptors (Lipinski definition) is 5. The van der Waals surface area contributed by atoms with E-state index in [0.29, 0.717) is 28.8 Å². The van der Waals surface area contributed by atoms with Gasteiger partial charge in [0.1, 0.15) is 0 Å². The summed E-state index contributed by atoms with van der Waals surface area (Å²) in [4.78, 5) is 6.80. The molecule has 3 heterocycles. The lowest BCUT2D eigenvalue weighted by Gasteiger charge is -2.20. The van der Waals surface area contributed by atoms with Gasteiger partial charge in [-0.25, -0.2) is 9.50 Å². The molecule has 2 aromatic heterocycles. The van der Waals surface area contributed by atoms with E-state index >= 15 is 0 Å². The topological polar surface area (TPSA) is 51.9 Å². The maximum Gasteiger partial charge on any atom is 0.433 e. The van der Waals surface area contributed by atoms with Crippen LogP contribution < -0.4 is 9.47 Å². The highest BCUT2D eigenvalue weighted by Gasteiger charge is 2.36. The third-order valence-corrected chi connectivity index (χ3v) is 6.35. The highest BCUT2D eigenvalue weighted by molar-refractivity contribution is 5.66. The van der Waals surface area contributed by atoms with E-state index in [1.807, 2.05) is 0 Å². The predicted octanol–water partition coefficient (Wildman–Crippen LogP) is 5.02. The standard InChI is InChI=1S/C23H27F3N4O2/c1-14-5-6-15(9-10-29(14)2)18-13-22-27-17(12-21(23(24,25)26)30(22)28-18)16-7-8-19(31-3)20(11-16)32-4/h7-8,11-15H,5-6,9-10H2,1-4H3. The van der Waals surface area contributed by atoms with E-state index < -0.39 is 11.9 Å². The Hall–Kier alpha value is -2.81. The Labute approximate surface area is 185 Å². The molecule has 1 saturated heterocycles. The average molecular weight is 448 g/mol. The number of alkyl halides is 3. The first-order valence-electron chi connectivity index (χ1n) is 10.6. The lowest BCUT2D eigenvalue weighted by molar-refractivity contribution is -0.142. The molecule has 172 valence electrons. The van der Waals surface area contributed by atoms with Gasteiger partial charge in [-0.1, -0.05) is 0 Å². The first-order chi connectivity index (χ1) is 15.2. The molecular formula is C23H27F3N4O2. The van der Waals surface area contributed by atoms with Gasteiger partial charge in [0.2, 0.25) is 0 Å². The summed E-state index contributed by atoms with van der Waals surface area (Å²) in [6.45, 7) is 3.06. The minimum atomic E-state index is -4.58. The Bertz CT molecular complexity index is 1100. The Morgan fingerprint density at radius 2 is 1.75 bits per heavy atom. The zero-order valence-electron chi connectivity index (χ0n) is 18.6. The van der Waals surface area contributed by atoms with E-state index in [2.05, 4.69) is 29.0 Å². The van der Waals surface area contributed by atoms with Crippen molar-refractivity contribution in [1.29, 1.82) is 0 Å². The second-order valence-corrected chi connectivity index (χ2v) is 8.33. The molecule has 1 fully saturated rings. The molecule has 32 heavy (non-hydrogen) atoms. The van der Waals surface area contributed by atoms with Gasteiger partial charge in [-0.3, -0.25) is 0 Å². The molecule has 2 unspecified atom stereocenters. The van der Waals surface area contributed by atoms with Crippen LogP contribution in [0.1, 0.15) is 43.5 Å². The lowest BCUT2D eigenvalue weighted by Crippen LogP contribution is -2.27. The molecule has 0 radical (unpaired) electrons. The Kier molecular flexibility index (Phi) is 6.03. The molecule has 1 aromatic carbocycles. The minimum Gasteiger partial charge on any atom is -0.493 e. The van der Waals surface area contributed by atoms with E-state index in [-0.39, 0.29) is 17.3 Å². The van der Waals surface area contributed by atoms with Crippen molar-refractivity contribution in [2.75, 3.05) is 27.8 Å². The van der Waals surface area contributed by atoms with Gasteiger partial charge in [-0.15, -0.1) is 0 Å². The Balaban J connectivity index is 1.80. The Morgan fingerprint density at radius 3 is 2.44 bits per heavy atom. The third kappa shape index (κ3) is 4.26. The molecule has 0 spiro atoms. The van der Waals surface area contributed by atoms with Crippen LogP contribution in [0.4, 0.5) is 13.2 Å². The largest absolute Gasteiger partial charge is 0.493 e. The fraction of sp³-hybridized carbons (Fsp3) is 0.478. The average Bonchev–Trinajstić information content (AvgIpc) is 3.12. The van der Waals surface area contributed by atoms with Crippen LogP contribution in [0, 0.1) is 0 Å². The fourth-order valence-electron chi connectivity index (χ4n) is 4.22. The van der Waals surface area contributed by atoms with E-state index in [4.69, 9.17) is 9.47 Å². The summed E-state index contributed by atoms with van der Waals surface area (Å²) >= 11 is 0. The molecule has 0 N–H and O–H groups in total. The number of fused-ring (bicyclic) bond motifs is 1. The summed E-state index contributed by atoms with van der Waals surface area (Å²) in [6.07, 6.45) is -1.85. The fourth-order valence-corrected chi connectivity index (χ4v) is 4.22. The van der Waals surface area contributed by atoms with Crippen molar-refractivity contribution in [3.05, 3.63) is 41.7 Å². The van der Waals surface area contributed by atoms with E-state index in [0.717, 1.165) is 36.4 Å². The number of methoxy groups -OCH3 is 2. The molecule has 1 aliphatic heterocycles. The van der Waals surface area contributed by atoms with Gasteiger partial charge < -0.3 is 14.4 Å². The first kappa shape index (κ1) is 22.4. The highest BCUT2D eigenvalue weighted by atomic mass is 19.4. The van der Waals surface area contributed by atoms with Crippen molar-refractivity contribution in [2.45, 2.75) is 44.3 Å². The van der Waals surface area contributed by atoms with Gasteiger partial charge in [0, 0.05) is 23.6 Å². The molecule has 1 aliphatic rings. The summed E-state index contributed by atoms with van der Waals surface area (Å²) in [5, 5.41) is 4.36.